The summed E-state index contributed by atoms with van der Waals surface area (Å²) in [6.45, 7) is 4.29. The number of hydrogen-bond donors (Lipinski definition) is 0. The molecule has 4 rings (SSSR count). The van der Waals surface area contributed by atoms with Crippen LogP contribution in [0.1, 0.15) is 34.3 Å². The first kappa shape index (κ1) is 19.4. The molecule has 0 radical (unpaired) electrons. The van der Waals surface area contributed by atoms with Gasteiger partial charge in [-0.3, -0.25) is 9.69 Å². The van der Waals surface area contributed by atoms with Crippen molar-refractivity contribution in [1.82, 2.24) is 9.80 Å². The molecule has 0 bridgehead atoms. The Balaban J connectivity index is 1.52. The van der Waals surface area contributed by atoms with Crippen LogP contribution in [0.4, 0.5) is 4.39 Å². The second kappa shape index (κ2) is 8.60. The molecular formula is C22H24ClFN2O2. The molecule has 2 fully saturated rings. The van der Waals surface area contributed by atoms with Crippen LogP contribution in [0.15, 0.2) is 42.5 Å². The summed E-state index contributed by atoms with van der Waals surface area (Å²) >= 11 is 6.19. The molecule has 0 atom stereocenters. The van der Waals surface area contributed by atoms with Crippen LogP contribution >= 0.6 is 11.6 Å². The van der Waals surface area contributed by atoms with Crippen molar-refractivity contribution in [3.05, 3.63) is 70.0 Å². The highest BCUT2D eigenvalue weighted by atomic mass is 35.5. The zero-order chi connectivity index (χ0) is 19.5. The van der Waals surface area contributed by atoms with Gasteiger partial charge in [-0.25, -0.2) is 4.39 Å². The van der Waals surface area contributed by atoms with Gasteiger partial charge in [0.15, 0.2) is 0 Å². The maximum absolute atomic E-state index is 14.2. The standard InChI is InChI=1S/C22H24ClFN2O2/c23-20-5-2-6-21(24)19(20)15-26(18-7-8-18)22(27)17-4-1-3-16(13-17)14-25-9-11-28-12-10-25/h1-6,13,18H,7-12,14-15H2. The molecule has 2 aromatic carbocycles. The lowest BCUT2D eigenvalue weighted by Gasteiger charge is -2.27. The monoisotopic (exact) mass is 402 g/mol. The summed E-state index contributed by atoms with van der Waals surface area (Å²) in [6.07, 6.45) is 1.90. The number of rotatable bonds is 6. The third kappa shape index (κ3) is 4.54. The van der Waals surface area contributed by atoms with Crippen molar-refractivity contribution in [3.8, 4) is 0 Å². The average molecular weight is 403 g/mol. The van der Waals surface area contributed by atoms with E-state index in [4.69, 9.17) is 16.3 Å². The lowest BCUT2D eigenvalue weighted by atomic mass is 10.1. The molecule has 2 aliphatic rings. The van der Waals surface area contributed by atoms with Crippen molar-refractivity contribution in [2.24, 2.45) is 0 Å². The van der Waals surface area contributed by atoms with Gasteiger partial charge in [-0.1, -0.05) is 29.8 Å². The van der Waals surface area contributed by atoms with Gasteiger partial charge in [0.1, 0.15) is 5.82 Å². The van der Waals surface area contributed by atoms with Crippen molar-refractivity contribution in [2.45, 2.75) is 32.0 Å². The SMILES string of the molecule is O=C(c1cccc(CN2CCOCC2)c1)N(Cc1c(F)cccc1Cl)C1CC1. The molecule has 0 spiro atoms. The molecular weight excluding hydrogens is 379 g/mol. The Hall–Kier alpha value is -1.95. The molecule has 1 saturated heterocycles. The van der Waals surface area contributed by atoms with E-state index in [2.05, 4.69) is 4.90 Å². The van der Waals surface area contributed by atoms with Crippen molar-refractivity contribution in [2.75, 3.05) is 26.3 Å². The van der Waals surface area contributed by atoms with Crippen LogP contribution in [-0.2, 0) is 17.8 Å². The van der Waals surface area contributed by atoms with E-state index in [0.29, 0.717) is 16.1 Å². The minimum absolute atomic E-state index is 0.0642. The maximum atomic E-state index is 14.2. The number of morpholine rings is 1. The van der Waals surface area contributed by atoms with E-state index in [9.17, 15) is 9.18 Å². The first-order chi connectivity index (χ1) is 13.6. The highest BCUT2D eigenvalue weighted by Crippen LogP contribution is 2.32. The van der Waals surface area contributed by atoms with E-state index in [1.54, 1.807) is 17.0 Å². The van der Waals surface area contributed by atoms with E-state index in [1.807, 2.05) is 24.3 Å². The number of halogens is 2. The largest absolute Gasteiger partial charge is 0.379 e. The van der Waals surface area contributed by atoms with Gasteiger partial charge in [-0.15, -0.1) is 0 Å². The first-order valence-electron chi connectivity index (χ1n) is 9.75. The van der Waals surface area contributed by atoms with Gasteiger partial charge < -0.3 is 9.64 Å². The Bertz CT molecular complexity index is 830. The maximum Gasteiger partial charge on any atom is 0.254 e. The summed E-state index contributed by atoms with van der Waals surface area (Å²) in [5.41, 5.74) is 2.13. The van der Waals surface area contributed by atoms with Gasteiger partial charge in [0.25, 0.3) is 5.91 Å². The average Bonchev–Trinajstić information content (AvgIpc) is 3.53. The van der Waals surface area contributed by atoms with Gasteiger partial charge in [0.2, 0.25) is 0 Å². The highest BCUT2D eigenvalue weighted by molar-refractivity contribution is 6.31. The second-order valence-electron chi connectivity index (χ2n) is 7.45. The Morgan fingerprint density at radius 2 is 1.93 bits per heavy atom. The Morgan fingerprint density at radius 1 is 1.18 bits per heavy atom. The molecule has 6 heteroatoms. The van der Waals surface area contributed by atoms with Crippen LogP contribution in [-0.4, -0.2) is 48.1 Å². The number of ether oxygens (including phenoxy) is 1. The van der Waals surface area contributed by atoms with E-state index in [0.717, 1.165) is 51.3 Å². The van der Waals surface area contributed by atoms with E-state index in [1.165, 1.54) is 6.07 Å². The van der Waals surface area contributed by atoms with Gasteiger partial charge in [-0.05, 0) is 42.7 Å². The number of amides is 1. The molecule has 2 aromatic rings. The van der Waals surface area contributed by atoms with Crippen molar-refractivity contribution in [3.63, 3.8) is 0 Å². The van der Waals surface area contributed by atoms with E-state index < -0.39 is 0 Å². The van der Waals surface area contributed by atoms with Crippen molar-refractivity contribution in [1.29, 1.82) is 0 Å². The van der Waals surface area contributed by atoms with Gasteiger partial charge >= 0.3 is 0 Å². The smallest absolute Gasteiger partial charge is 0.254 e. The molecule has 1 aliphatic heterocycles. The number of nitrogens with zero attached hydrogens (tertiary/aromatic N) is 2. The molecule has 1 amide bonds. The fraction of sp³-hybridized carbons (Fsp3) is 0.409. The van der Waals surface area contributed by atoms with Gasteiger partial charge in [0, 0.05) is 41.8 Å². The summed E-state index contributed by atoms with van der Waals surface area (Å²) in [4.78, 5) is 17.3. The number of carbonyl (C=O) groups is 1. The summed E-state index contributed by atoms with van der Waals surface area (Å²) in [5.74, 6) is -0.433. The van der Waals surface area contributed by atoms with Crippen LogP contribution in [0.25, 0.3) is 0 Å². The normalized spacial score (nSPS) is 17.5. The van der Waals surface area contributed by atoms with Crippen LogP contribution < -0.4 is 0 Å². The highest BCUT2D eigenvalue weighted by Gasteiger charge is 2.34. The lowest BCUT2D eigenvalue weighted by Crippen LogP contribution is -2.36. The summed E-state index contributed by atoms with van der Waals surface area (Å²) in [5, 5.41) is 0.361. The van der Waals surface area contributed by atoms with Crippen LogP contribution in [0, 0.1) is 5.82 Å². The molecule has 4 nitrogen and oxygen atoms in total. The minimum Gasteiger partial charge on any atom is -0.379 e. The molecule has 0 N–H and O–H groups in total. The fourth-order valence-electron chi connectivity index (χ4n) is 3.59. The van der Waals surface area contributed by atoms with Gasteiger partial charge in [0.05, 0.1) is 19.8 Å². The first-order valence-corrected chi connectivity index (χ1v) is 10.1. The Labute approximate surface area is 169 Å². The van der Waals surface area contributed by atoms with Crippen LogP contribution in [0.5, 0.6) is 0 Å². The molecule has 1 aliphatic carbocycles. The topological polar surface area (TPSA) is 32.8 Å². The summed E-state index contributed by atoms with van der Waals surface area (Å²) < 4.78 is 19.6. The van der Waals surface area contributed by atoms with Gasteiger partial charge in [-0.2, -0.15) is 0 Å². The predicted molar refractivity (Wildman–Crippen MR) is 107 cm³/mol. The third-order valence-electron chi connectivity index (χ3n) is 5.32. The van der Waals surface area contributed by atoms with Crippen LogP contribution in [0.3, 0.4) is 0 Å². The number of hydrogen-bond acceptors (Lipinski definition) is 3. The fourth-order valence-corrected chi connectivity index (χ4v) is 3.82. The predicted octanol–water partition coefficient (Wildman–Crippen LogP) is 4.12. The minimum atomic E-state index is -0.369. The van der Waals surface area contributed by atoms with E-state index >= 15 is 0 Å². The quantitative estimate of drug-likeness (QED) is 0.728. The molecule has 0 unspecified atom stereocenters. The van der Waals surface area contributed by atoms with Crippen molar-refractivity contribution >= 4 is 17.5 Å². The molecule has 0 aromatic heterocycles. The van der Waals surface area contributed by atoms with Crippen molar-refractivity contribution < 1.29 is 13.9 Å². The lowest BCUT2D eigenvalue weighted by molar-refractivity contribution is 0.0341. The number of benzene rings is 2. The second-order valence-corrected chi connectivity index (χ2v) is 7.86. The van der Waals surface area contributed by atoms with Crippen LogP contribution in [0.2, 0.25) is 5.02 Å². The zero-order valence-corrected chi connectivity index (χ0v) is 16.5. The molecule has 1 saturated carbocycles. The van der Waals surface area contributed by atoms with E-state index in [-0.39, 0.29) is 24.3 Å². The Kier molecular flexibility index (Phi) is 5.95. The number of carbonyl (C=O) groups excluding carboxylic acids is 1. The zero-order valence-electron chi connectivity index (χ0n) is 15.7. The molecule has 28 heavy (non-hydrogen) atoms. The summed E-state index contributed by atoms with van der Waals surface area (Å²) in [7, 11) is 0. The molecule has 148 valence electrons. The third-order valence-corrected chi connectivity index (χ3v) is 5.68. The Morgan fingerprint density at radius 3 is 2.64 bits per heavy atom. The molecule has 1 heterocycles. The summed E-state index contributed by atoms with van der Waals surface area (Å²) in [6, 6.07) is 12.6.